The minimum atomic E-state index is -0.138. The number of amides is 1. The molecule has 15 heavy (non-hydrogen) atoms. The molecule has 1 atom stereocenters. The van der Waals surface area contributed by atoms with Crippen molar-refractivity contribution in [3.05, 3.63) is 18.0 Å². The van der Waals surface area contributed by atoms with Gasteiger partial charge in [0.1, 0.15) is 5.69 Å². The van der Waals surface area contributed by atoms with Crippen molar-refractivity contribution >= 4 is 17.5 Å². The second-order valence-corrected chi connectivity index (χ2v) is 4.37. The Balaban J connectivity index is 2.47. The summed E-state index contributed by atoms with van der Waals surface area (Å²) in [4.78, 5) is 11.6. The van der Waals surface area contributed by atoms with Crippen molar-refractivity contribution in [3.63, 3.8) is 0 Å². The third kappa shape index (κ3) is 3.23. The van der Waals surface area contributed by atoms with Crippen LogP contribution in [0.1, 0.15) is 24.3 Å². The van der Waals surface area contributed by atoms with Crippen LogP contribution in [0.2, 0.25) is 0 Å². The largest absolute Gasteiger partial charge is 0.349 e. The van der Waals surface area contributed by atoms with E-state index in [9.17, 15) is 4.79 Å². The van der Waals surface area contributed by atoms with Crippen LogP contribution in [0.25, 0.3) is 0 Å². The minimum Gasteiger partial charge on any atom is -0.349 e. The van der Waals surface area contributed by atoms with E-state index in [-0.39, 0.29) is 11.3 Å². The van der Waals surface area contributed by atoms with E-state index in [1.807, 2.05) is 13.8 Å². The first-order valence-corrected chi connectivity index (χ1v) is 5.36. The van der Waals surface area contributed by atoms with E-state index >= 15 is 0 Å². The van der Waals surface area contributed by atoms with Gasteiger partial charge in [0.2, 0.25) is 0 Å². The Morgan fingerprint density at radius 1 is 1.67 bits per heavy atom. The van der Waals surface area contributed by atoms with Gasteiger partial charge < -0.3 is 5.32 Å². The normalized spacial score (nSPS) is 12.9. The number of rotatable bonds is 4. The number of alkyl halides is 1. The van der Waals surface area contributed by atoms with Gasteiger partial charge in [0, 0.05) is 19.8 Å². The number of carbonyl (C=O) groups is 1. The lowest BCUT2D eigenvalue weighted by molar-refractivity contribution is 0.0943. The number of nitrogens with zero attached hydrogens (tertiary/aromatic N) is 2. The van der Waals surface area contributed by atoms with Crippen molar-refractivity contribution in [1.82, 2.24) is 15.1 Å². The van der Waals surface area contributed by atoms with Crippen molar-refractivity contribution in [1.29, 1.82) is 0 Å². The SMILES string of the molecule is CC(C)C(Cl)CNC(=O)c1ccnn1C. The highest BCUT2D eigenvalue weighted by molar-refractivity contribution is 6.21. The molecule has 0 aromatic carbocycles. The van der Waals surface area contributed by atoms with Crippen LogP contribution < -0.4 is 5.32 Å². The highest BCUT2D eigenvalue weighted by Crippen LogP contribution is 2.08. The smallest absolute Gasteiger partial charge is 0.269 e. The van der Waals surface area contributed by atoms with Gasteiger partial charge in [0.15, 0.2) is 0 Å². The molecule has 1 rings (SSSR count). The summed E-state index contributed by atoms with van der Waals surface area (Å²) in [5.41, 5.74) is 0.544. The lowest BCUT2D eigenvalue weighted by atomic mass is 10.1. The zero-order valence-corrected chi connectivity index (χ0v) is 9.95. The van der Waals surface area contributed by atoms with Gasteiger partial charge in [-0.05, 0) is 12.0 Å². The molecule has 0 spiro atoms. The summed E-state index contributed by atoms with van der Waals surface area (Å²) >= 11 is 6.02. The van der Waals surface area contributed by atoms with Crippen LogP contribution in [-0.2, 0) is 7.05 Å². The van der Waals surface area contributed by atoms with Crippen LogP contribution in [0.5, 0.6) is 0 Å². The molecule has 0 bridgehead atoms. The molecule has 1 heterocycles. The van der Waals surface area contributed by atoms with Gasteiger partial charge in [-0.15, -0.1) is 11.6 Å². The molecule has 0 fully saturated rings. The van der Waals surface area contributed by atoms with E-state index in [0.29, 0.717) is 18.2 Å². The molecular formula is C10H16ClN3O. The molecule has 0 saturated heterocycles. The number of hydrogen-bond donors (Lipinski definition) is 1. The molecule has 1 amide bonds. The maximum atomic E-state index is 11.6. The van der Waals surface area contributed by atoms with Crippen LogP contribution in [0.3, 0.4) is 0 Å². The number of nitrogens with one attached hydrogen (secondary N) is 1. The van der Waals surface area contributed by atoms with E-state index in [4.69, 9.17) is 11.6 Å². The van der Waals surface area contributed by atoms with Gasteiger partial charge in [0.25, 0.3) is 5.91 Å². The van der Waals surface area contributed by atoms with E-state index in [1.165, 1.54) is 4.68 Å². The second-order valence-electron chi connectivity index (χ2n) is 3.81. The molecule has 84 valence electrons. The van der Waals surface area contributed by atoms with E-state index < -0.39 is 0 Å². The van der Waals surface area contributed by atoms with Crippen molar-refractivity contribution in [2.24, 2.45) is 13.0 Å². The Morgan fingerprint density at radius 2 is 2.33 bits per heavy atom. The summed E-state index contributed by atoms with van der Waals surface area (Å²) in [5, 5.41) is 6.66. The second kappa shape index (κ2) is 5.16. The third-order valence-corrected chi connectivity index (χ3v) is 2.89. The summed E-state index contributed by atoms with van der Waals surface area (Å²) in [6.45, 7) is 4.52. The van der Waals surface area contributed by atoms with Gasteiger partial charge in [-0.25, -0.2) is 0 Å². The summed E-state index contributed by atoms with van der Waals surface area (Å²) in [6.07, 6.45) is 1.59. The van der Waals surface area contributed by atoms with E-state index in [1.54, 1.807) is 19.3 Å². The molecule has 0 aliphatic heterocycles. The lowest BCUT2D eigenvalue weighted by Gasteiger charge is -2.13. The van der Waals surface area contributed by atoms with Crippen molar-refractivity contribution in [2.75, 3.05) is 6.54 Å². The van der Waals surface area contributed by atoms with Gasteiger partial charge in [-0.2, -0.15) is 5.10 Å². The fraction of sp³-hybridized carbons (Fsp3) is 0.600. The Hall–Kier alpha value is -1.03. The molecule has 1 unspecified atom stereocenters. The molecule has 0 saturated carbocycles. The van der Waals surface area contributed by atoms with Crippen molar-refractivity contribution < 1.29 is 4.79 Å². The average molecular weight is 230 g/mol. The molecule has 0 radical (unpaired) electrons. The maximum Gasteiger partial charge on any atom is 0.269 e. The molecular weight excluding hydrogens is 214 g/mol. The van der Waals surface area contributed by atoms with Crippen LogP contribution in [0.4, 0.5) is 0 Å². The van der Waals surface area contributed by atoms with Gasteiger partial charge in [-0.1, -0.05) is 13.8 Å². The van der Waals surface area contributed by atoms with Crippen LogP contribution in [0, 0.1) is 5.92 Å². The molecule has 0 aliphatic rings. The van der Waals surface area contributed by atoms with Gasteiger partial charge in [0.05, 0.1) is 5.38 Å². The fourth-order valence-corrected chi connectivity index (χ4v) is 1.19. The fourth-order valence-electron chi connectivity index (χ4n) is 1.11. The van der Waals surface area contributed by atoms with E-state index in [2.05, 4.69) is 10.4 Å². The number of carbonyl (C=O) groups excluding carboxylic acids is 1. The Labute approximate surface area is 94.6 Å². The zero-order chi connectivity index (χ0) is 11.4. The van der Waals surface area contributed by atoms with Gasteiger partial charge >= 0.3 is 0 Å². The molecule has 1 aromatic heterocycles. The number of hydrogen-bond acceptors (Lipinski definition) is 2. The van der Waals surface area contributed by atoms with Crippen LogP contribution in [-0.4, -0.2) is 27.6 Å². The first-order valence-electron chi connectivity index (χ1n) is 4.92. The van der Waals surface area contributed by atoms with Crippen LogP contribution in [0.15, 0.2) is 12.3 Å². The predicted molar refractivity (Wildman–Crippen MR) is 60.0 cm³/mol. The summed E-state index contributed by atoms with van der Waals surface area (Å²) < 4.78 is 1.54. The van der Waals surface area contributed by atoms with Crippen molar-refractivity contribution in [3.8, 4) is 0 Å². The molecule has 1 N–H and O–H groups in total. The zero-order valence-electron chi connectivity index (χ0n) is 9.20. The Kier molecular flexibility index (Phi) is 4.15. The van der Waals surface area contributed by atoms with Crippen LogP contribution >= 0.6 is 11.6 Å². The Bertz CT molecular complexity index is 335. The van der Waals surface area contributed by atoms with Crippen molar-refractivity contribution in [2.45, 2.75) is 19.2 Å². The standard InChI is InChI=1S/C10H16ClN3O/c1-7(2)8(11)6-12-10(15)9-4-5-13-14(9)3/h4-5,7-8H,6H2,1-3H3,(H,12,15). The number of aromatic nitrogens is 2. The summed E-state index contributed by atoms with van der Waals surface area (Å²) in [7, 11) is 1.73. The predicted octanol–water partition coefficient (Wildman–Crippen LogP) is 1.41. The molecule has 1 aromatic rings. The first kappa shape index (κ1) is 12.0. The molecule has 4 nitrogen and oxygen atoms in total. The molecule has 5 heteroatoms. The summed E-state index contributed by atoms with van der Waals surface area (Å²) in [6, 6.07) is 1.67. The van der Waals surface area contributed by atoms with Gasteiger partial charge in [-0.3, -0.25) is 9.48 Å². The lowest BCUT2D eigenvalue weighted by Crippen LogP contribution is -2.33. The monoisotopic (exact) mass is 229 g/mol. The molecule has 0 aliphatic carbocycles. The topological polar surface area (TPSA) is 46.9 Å². The quantitative estimate of drug-likeness (QED) is 0.794. The maximum absolute atomic E-state index is 11.6. The first-order chi connectivity index (χ1) is 7.02. The number of halogens is 1. The highest BCUT2D eigenvalue weighted by atomic mass is 35.5. The minimum absolute atomic E-state index is 0.0397. The average Bonchev–Trinajstić information content (AvgIpc) is 2.60. The van der Waals surface area contributed by atoms with E-state index in [0.717, 1.165) is 0 Å². The number of aryl methyl sites for hydroxylation is 1. The third-order valence-electron chi connectivity index (χ3n) is 2.23. The summed E-state index contributed by atoms with van der Waals surface area (Å²) in [5.74, 6) is 0.208. The highest BCUT2D eigenvalue weighted by Gasteiger charge is 2.13. The Morgan fingerprint density at radius 3 is 2.80 bits per heavy atom.